The number of aliphatic hydroxyl groups is 1. The fourth-order valence-electron chi connectivity index (χ4n) is 1.88. The molecule has 0 aliphatic rings. The van der Waals surface area contributed by atoms with Gasteiger partial charge in [0, 0.05) is 9.75 Å². The quantitative estimate of drug-likeness (QED) is 0.867. The molecule has 1 nitrogen and oxygen atoms in total. The van der Waals surface area contributed by atoms with Gasteiger partial charge in [0.25, 0.3) is 0 Å². The molecular formula is C15H18OS. The molecule has 0 radical (unpaired) electrons. The summed E-state index contributed by atoms with van der Waals surface area (Å²) in [6.07, 6.45) is 0.516. The second-order valence-electron chi connectivity index (χ2n) is 4.39. The largest absolute Gasteiger partial charge is 0.383 e. The molecule has 0 amide bonds. The third kappa shape index (κ3) is 2.59. The second-order valence-corrected chi connectivity index (χ2v) is 5.68. The van der Waals surface area contributed by atoms with Crippen LogP contribution in [-0.4, -0.2) is 5.11 Å². The summed E-state index contributed by atoms with van der Waals surface area (Å²) in [6, 6.07) is 10.3. The Hall–Kier alpha value is -1.12. The molecule has 90 valence electrons. The highest BCUT2D eigenvalue weighted by Gasteiger charge is 2.14. The van der Waals surface area contributed by atoms with Crippen LogP contribution in [0.15, 0.2) is 30.3 Å². The molecule has 1 aromatic heterocycles. The average Bonchev–Trinajstić information content (AvgIpc) is 2.69. The Kier molecular flexibility index (Phi) is 3.65. The molecule has 17 heavy (non-hydrogen) atoms. The van der Waals surface area contributed by atoms with Crippen LogP contribution in [0.5, 0.6) is 0 Å². The van der Waals surface area contributed by atoms with Gasteiger partial charge in [0.05, 0.1) is 0 Å². The Bertz CT molecular complexity index is 494. The molecule has 0 aliphatic carbocycles. The Morgan fingerprint density at radius 2 is 2.00 bits per heavy atom. The molecule has 2 aromatic rings. The fourth-order valence-corrected chi connectivity index (χ4v) is 2.94. The van der Waals surface area contributed by atoms with Crippen molar-refractivity contribution in [1.82, 2.24) is 0 Å². The van der Waals surface area contributed by atoms with E-state index in [1.807, 2.05) is 12.1 Å². The summed E-state index contributed by atoms with van der Waals surface area (Å²) < 4.78 is 0. The van der Waals surface area contributed by atoms with Crippen molar-refractivity contribution in [3.05, 3.63) is 56.8 Å². The number of thiophene rings is 1. The molecule has 0 spiro atoms. The van der Waals surface area contributed by atoms with Crippen LogP contribution in [0.25, 0.3) is 0 Å². The van der Waals surface area contributed by atoms with Gasteiger partial charge in [0.2, 0.25) is 0 Å². The van der Waals surface area contributed by atoms with Crippen LogP contribution in [0.1, 0.15) is 39.5 Å². The maximum absolute atomic E-state index is 10.4. The van der Waals surface area contributed by atoms with Crippen LogP contribution in [-0.2, 0) is 6.42 Å². The number of rotatable bonds is 3. The third-order valence-electron chi connectivity index (χ3n) is 3.13. The molecule has 1 atom stereocenters. The summed E-state index contributed by atoms with van der Waals surface area (Å²) in [5.74, 6) is 0. The number of hydrogen-bond donors (Lipinski definition) is 1. The van der Waals surface area contributed by atoms with Gasteiger partial charge in [0.15, 0.2) is 0 Å². The normalized spacial score (nSPS) is 12.7. The minimum absolute atomic E-state index is 0.487. The van der Waals surface area contributed by atoms with Crippen molar-refractivity contribution < 1.29 is 5.11 Å². The van der Waals surface area contributed by atoms with Gasteiger partial charge >= 0.3 is 0 Å². The van der Waals surface area contributed by atoms with Crippen LogP contribution < -0.4 is 0 Å². The monoisotopic (exact) mass is 246 g/mol. The topological polar surface area (TPSA) is 20.2 Å². The lowest BCUT2D eigenvalue weighted by Crippen LogP contribution is -1.97. The van der Waals surface area contributed by atoms with Crippen LogP contribution >= 0.6 is 11.3 Å². The summed E-state index contributed by atoms with van der Waals surface area (Å²) in [6.45, 7) is 6.31. The molecule has 0 saturated heterocycles. The van der Waals surface area contributed by atoms with E-state index in [-0.39, 0.29) is 0 Å². The zero-order valence-corrected chi connectivity index (χ0v) is 11.3. The lowest BCUT2D eigenvalue weighted by molar-refractivity contribution is 0.224. The van der Waals surface area contributed by atoms with Gasteiger partial charge in [0.1, 0.15) is 6.10 Å². The van der Waals surface area contributed by atoms with Crippen molar-refractivity contribution in [2.24, 2.45) is 0 Å². The van der Waals surface area contributed by atoms with E-state index in [0.29, 0.717) is 0 Å². The van der Waals surface area contributed by atoms with Crippen molar-refractivity contribution in [2.75, 3.05) is 0 Å². The molecule has 2 rings (SSSR count). The standard InChI is InChI=1S/C15H18OS/c1-4-12-6-5-7-13(9-12)15(16)14-8-10(2)11(3)17-14/h5-9,15-16H,4H2,1-3H3. The number of hydrogen-bond acceptors (Lipinski definition) is 2. The smallest absolute Gasteiger partial charge is 0.113 e. The summed E-state index contributed by atoms with van der Waals surface area (Å²) in [5.41, 5.74) is 3.52. The number of benzene rings is 1. The molecule has 0 fully saturated rings. The predicted molar refractivity (Wildman–Crippen MR) is 73.7 cm³/mol. The van der Waals surface area contributed by atoms with Gasteiger partial charge in [-0.3, -0.25) is 0 Å². The van der Waals surface area contributed by atoms with Crippen LogP contribution in [0.3, 0.4) is 0 Å². The first kappa shape index (κ1) is 12.3. The minimum atomic E-state index is -0.487. The Morgan fingerprint density at radius 1 is 1.24 bits per heavy atom. The number of aryl methyl sites for hydroxylation is 3. The molecule has 0 aliphatic heterocycles. The maximum atomic E-state index is 10.4. The van der Waals surface area contributed by atoms with Gasteiger partial charge in [-0.2, -0.15) is 0 Å². The summed E-state index contributed by atoms with van der Waals surface area (Å²) in [7, 11) is 0. The van der Waals surface area contributed by atoms with Crippen molar-refractivity contribution in [3.63, 3.8) is 0 Å². The van der Waals surface area contributed by atoms with Gasteiger partial charge in [-0.15, -0.1) is 11.3 Å². The highest BCUT2D eigenvalue weighted by molar-refractivity contribution is 7.12. The van der Waals surface area contributed by atoms with E-state index >= 15 is 0 Å². The van der Waals surface area contributed by atoms with Gasteiger partial charge in [-0.1, -0.05) is 31.2 Å². The number of aliphatic hydroxyl groups excluding tert-OH is 1. The first-order valence-corrected chi connectivity index (χ1v) is 6.77. The SMILES string of the molecule is CCc1cccc(C(O)c2cc(C)c(C)s2)c1. The van der Waals surface area contributed by atoms with Gasteiger partial charge in [-0.25, -0.2) is 0 Å². The van der Waals surface area contributed by atoms with Crippen LogP contribution in [0, 0.1) is 13.8 Å². The highest BCUT2D eigenvalue weighted by Crippen LogP contribution is 2.30. The van der Waals surface area contributed by atoms with Gasteiger partial charge in [-0.05, 0) is 43.0 Å². The molecule has 1 heterocycles. The van der Waals surface area contributed by atoms with Crippen molar-refractivity contribution in [3.8, 4) is 0 Å². The Labute approximate surface area is 107 Å². The van der Waals surface area contributed by atoms with E-state index in [0.717, 1.165) is 16.9 Å². The average molecular weight is 246 g/mol. The Morgan fingerprint density at radius 3 is 2.59 bits per heavy atom. The first-order chi connectivity index (χ1) is 8.11. The molecule has 2 heteroatoms. The van der Waals surface area contributed by atoms with Crippen molar-refractivity contribution in [2.45, 2.75) is 33.3 Å². The van der Waals surface area contributed by atoms with E-state index in [2.05, 4.69) is 39.0 Å². The highest BCUT2D eigenvalue weighted by atomic mass is 32.1. The lowest BCUT2D eigenvalue weighted by Gasteiger charge is -2.10. The lowest BCUT2D eigenvalue weighted by atomic mass is 10.0. The second kappa shape index (κ2) is 5.03. The van der Waals surface area contributed by atoms with Crippen LogP contribution in [0.2, 0.25) is 0 Å². The zero-order chi connectivity index (χ0) is 12.4. The van der Waals surface area contributed by atoms with Crippen molar-refractivity contribution >= 4 is 11.3 Å². The fraction of sp³-hybridized carbons (Fsp3) is 0.333. The van der Waals surface area contributed by atoms with E-state index in [1.54, 1.807) is 11.3 Å². The molecule has 1 aromatic carbocycles. The third-order valence-corrected chi connectivity index (χ3v) is 4.33. The molecule has 0 bridgehead atoms. The molecule has 1 unspecified atom stereocenters. The zero-order valence-electron chi connectivity index (χ0n) is 10.5. The summed E-state index contributed by atoms with van der Waals surface area (Å²) in [5, 5.41) is 10.4. The first-order valence-electron chi connectivity index (χ1n) is 5.95. The van der Waals surface area contributed by atoms with E-state index in [4.69, 9.17) is 0 Å². The predicted octanol–water partition coefficient (Wildman–Crippen LogP) is 4.01. The molecule has 0 saturated carbocycles. The summed E-state index contributed by atoms with van der Waals surface area (Å²) in [4.78, 5) is 2.32. The van der Waals surface area contributed by atoms with E-state index in [1.165, 1.54) is 16.0 Å². The van der Waals surface area contributed by atoms with E-state index < -0.39 is 6.10 Å². The summed E-state index contributed by atoms with van der Waals surface area (Å²) >= 11 is 1.68. The minimum Gasteiger partial charge on any atom is -0.383 e. The molecule has 1 N–H and O–H groups in total. The maximum Gasteiger partial charge on any atom is 0.113 e. The Balaban J connectivity index is 2.32. The molecular weight excluding hydrogens is 228 g/mol. The van der Waals surface area contributed by atoms with Crippen molar-refractivity contribution in [1.29, 1.82) is 0 Å². The van der Waals surface area contributed by atoms with Crippen LogP contribution in [0.4, 0.5) is 0 Å². The van der Waals surface area contributed by atoms with E-state index in [9.17, 15) is 5.11 Å². The van der Waals surface area contributed by atoms with Gasteiger partial charge < -0.3 is 5.11 Å².